The van der Waals surface area contributed by atoms with E-state index in [1.807, 2.05) is 19.1 Å². The minimum atomic E-state index is -0.592. The topological polar surface area (TPSA) is 93.5 Å². The lowest BCUT2D eigenvalue weighted by atomic mass is 10.1. The fraction of sp³-hybridized carbons (Fsp3) is 0.238. The van der Waals surface area contributed by atoms with Gasteiger partial charge in [-0.2, -0.15) is 0 Å². The predicted molar refractivity (Wildman–Crippen MR) is 109 cm³/mol. The highest BCUT2D eigenvalue weighted by molar-refractivity contribution is 6.02. The summed E-state index contributed by atoms with van der Waals surface area (Å²) in [6.07, 6.45) is 1.33. The fourth-order valence-electron chi connectivity index (χ4n) is 3.49. The van der Waals surface area contributed by atoms with Crippen molar-refractivity contribution in [2.75, 3.05) is 24.0 Å². The minimum absolute atomic E-state index is 0.0543. The molecule has 1 saturated heterocycles. The zero-order chi connectivity index (χ0) is 20.5. The van der Waals surface area contributed by atoms with Gasteiger partial charge in [-0.1, -0.05) is 18.2 Å². The average Bonchev–Trinajstić information content (AvgIpc) is 3.12. The molecule has 1 fully saturated rings. The summed E-state index contributed by atoms with van der Waals surface area (Å²) < 4.78 is 6.42. The molecule has 1 N–H and O–H groups in total. The quantitative estimate of drug-likeness (QED) is 0.731. The maximum Gasteiger partial charge on any atom is 0.280 e. The van der Waals surface area contributed by atoms with Crippen LogP contribution >= 0.6 is 0 Å². The molecule has 2 heterocycles. The number of fused-ring (bicyclic) bond motifs is 1. The Bertz CT molecular complexity index is 1170. The number of ether oxygens (including phenoxy) is 1. The second-order valence-electron chi connectivity index (χ2n) is 6.99. The maximum absolute atomic E-state index is 12.7. The first-order valence-corrected chi connectivity index (χ1v) is 9.20. The third-order valence-electron chi connectivity index (χ3n) is 5.02. The lowest BCUT2D eigenvalue weighted by Gasteiger charge is -2.20. The van der Waals surface area contributed by atoms with Crippen LogP contribution < -0.4 is 20.6 Å². The highest BCUT2D eigenvalue weighted by Crippen LogP contribution is 2.34. The van der Waals surface area contributed by atoms with Crippen molar-refractivity contribution in [3.8, 4) is 5.75 Å². The van der Waals surface area contributed by atoms with Crippen molar-refractivity contribution < 1.29 is 14.3 Å². The molecule has 2 amide bonds. The summed E-state index contributed by atoms with van der Waals surface area (Å²) in [6, 6.07) is 12.5. The second-order valence-corrected chi connectivity index (χ2v) is 6.99. The van der Waals surface area contributed by atoms with E-state index >= 15 is 0 Å². The number of carbonyl (C=O) groups is 2. The Morgan fingerprint density at radius 2 is 2.00 bits per heavy atom. The number of para-hydroxylation sites is 1. The number of benzene rings is 2. The molecular formula is C21H20N4O4. The summed E-state index contributed by atoms with van der Waals surface area (Å²) in [5.41, 5.74) is 4.37. The molecule has 1 aromatic heterocycles. The maximum atomic E-state index is 12.7. The molecule has 0 radical (unpaired) electrons. The molecule has 0 aliphatic carbocycles. The number of hydrogen-bond donors (Lipinski definition) is 1. The molecule has 3 aromatic rings. The Labute approximate surface area is 166 Å². The van der Waals surface area contributed by atoms with E-state index in [0.29, 0.717) is 22.3 Å². The smallest absolute Gasteiger partial charge is 0.280 e. The van der Waals surface area contributed by atoms with Crippen LogP contribution in [0.5, 0.6) is 5.75 Å². The Kier molecular flexibility index (Phi) is 4.75. The van der Waals surface area contributed by atoms with E-state index in [2.05, 4.69) is 10.4 Å². The summed E-state index contributed by atoms with van der Waals surface area (Å²) in [6.45, 7) is 2.13. The molecule has 1 aliphatic rings. The van der Waals surface area contributed by atoms with E-state index in [-0.39, 0.29) is 24.4 Å². The molecule has 148 valence electrons. The summed E-state index contributed by atoms with van der Waals surface area (Å²) in [4.78, 5) is 43.6. The van der Waals surface area contributed by atoms with Crippen molar-refractivity contribution in [2.24, 2.45) is 5.92 Å². The Hall–Kier alpha value is -3.68. The molecule has 0 unspecified atom stereocenters. The number of amides is 2. The van der Waals surface area contributed by atoms with E-state index in [1.165, 1.54) is 13.4 Å². The number of rotatable bonds is 4. The van der Waals surface area contributed by atoms with Crippen LogP contribution in [0.15, 0.2) is 53.6 Å². The van der Waals surface area contributed by atoms with Gasteiger partial charge in [0.05, 0.1) is 29.6 Å². The van der Waals surface area contributed by atoms with Crippen LogP contribution in [0, 0.1) is 12.8 Å². The summed E-state index contributed by atoms with van der Waals surface area (Å²) >= 11 is 0. The molecule has 8 nitrogen and oxygen atoms in total. The number of hydrogen-bond acceptors (Lipinski definition) is 5. The Balaban J connectivity index is 1.56. The first-order valence-electron chi connectivity index (χ1n) is 9.20. The summed E-state index contributed by atoms with van der Waals surface area (Å²) in [7, 11) is 1.54. The number of anilines is 1. The molecule has 29 heavy (non-hydrogen) atoms. The molecule has 2 aromatic carbocycles. The largest absolute Gasteiger partial charge is 0.495 e. The molecule has 1 atom stereocenters. The Morgan fingerprint density at radius 1 is 1.21 bits per heavy atom. The van der Waals surface area contributed by atoms with Crippen molar-refractivity contribution in [1.29, 1.82) is 0 Å². The first-order chi connectivity index (χ1) is 14.0. The lowest BCUT2D eigenvalue weighted by Crippen LogP contribution is -2.37. The van der Waals surface area contributed by atoms with Gasteiger partial charge >= 0.3 is 0 Å². The van der Waals surface area contributed by atoms with Crippen molar-refractivity contribution >= 4 is 28.4 Å². The van der Waals surface area contributed by atoms with Gasteiger partial charge in [0.1, 0.15) is 12.1 Å². The second kappa shape index (κ2) is 7.38. The van der Waals surface area contributed by atoms with Crippen molar-refractivity contribution in [3.05, 3.63) is 64.7 Å². The van der Waals surface area contributed by atoms with Gasteiger partial charge in [0.25, 0.3) is 5.56 Å². The average molecular weight is 392 g/mol. The zero-order valence-corrected chi connectivity index (χ0v) is 16.1. The van der Waals surface area contributed by atoms with E-state index in [0.717, 1.165) is 10.2 Å². The van der Waals surface area contributed by atoms with Gasteiger partial charge in [-0.25, -0.2) is 9.66 Å². The number of nitrogens with zero attached hydrogens (tertiary/aromatic N) is 3. The monoisotopic (exact) mass is 392 g/mol. The SMILES string of the molecule is COc1ccc(C)cc1N1C[C@H](C(=O)Nn2cnc3ccccc3c2=O)CC1=O. The number of aryl methyl sites for hydroxylation is 1. The molecule has 8 heteroatoms. The van der Waals surface area contributed by atoms with E-state index < -0.39 is 11.8 Å². The van der Waals surface area contributed by atoms with Crippen LogP contribution in [0.25, 0.3) is 10.9 Å². The van der Waals surface area contributed by atoms with Crippen molar-refractivity contribution in [3.63, 3.8) is 0 Å². The summed E-state index contributed by atoms with van der Waals surface area (Å²) in [5.74, 6) is -0.601. The molecular weight excluding hydrogens is 372 g/mol. The highest BCUT2D eigenvalue weighted by Gasteiger charge is 2.36. The predicted octanol–water partition coefficient (Wildman–Crippen LogP) is 1.84. The number of nitrogens with one attached hydrogen (secondary N) is 1. The third-order valence-corrected chi connectivity index (χ3v) is 5.02. The number of carbonyl (C=O) groups excluding carboxylic acids is 2. The first kappa shape index (κ1) is 18.7. The minimum Gasteiger partial charge on any atom is -0.495 e. The van der Waals surface area contributed by atoms with E-state index in [1.54, 1.807) is 35.2 Å². The lowest BCUT2D eigenvalue weighted by molar-refractivity contribution is -0.123. The van der Waals surface area contributed by atoms with Crippen LogP contribution in [-0.4, -0.2) is 35.1 Å². The molecule has 0 bridgehead atoms. The van der Waals surface area contributed by atoms with Crippen molar-refractivity contribution in [2.45, 2.75) is 13.3 Å². The number of methoxy groups -OCH3 is 1. The standard InChI is InChI=1S/C21H20N4O4/c1-13-7-8-18(29-2)17(9-13)24-11-14(10-19(24)26)20(27)23-25-12-22-16-6-4-3-5-15(16)21(25)28/h3-9,12,14H,10-11H2,1-2H3,(H,23,27)/t14-/m1/s1. The van der Waals surface area contributed by atoms with Gasteiger partial charge in [0, 0.05) is 13.0 Å². The molecule has 1 aliphatic heterocycles. The fourth-order valence-corrected chi connectivity index (χ4v) is 3.49. The Morgan fingerprint density at radius 3 is 2.79 bits per heavy atom. The van der Waals surface area contributed by atoms with Gasteiger partial charge in [-0.15, -0.1) is 0 Å². The third kappa shape index (κ3) is 3.44. The number of aromatic nitrogens is 2. The van der Waals surface area contributed by atoms with Crippen molar-refractivity contribution in [1.82, 2.24) is 9.66 Å². The van der Waals surface area contributed by atoms with Crippen LogP contribution in [0.4, 0.5) is 5.69 Å². The highest BCUT2D eigenvalue weighted by atomic mass is 16.5. The normalized spacial score (nSPS) is 16.3. The van der Waals surface area contributed by atoms with Crippen LogP contribution in [0.3, 0.4) is 0 Å². The van der Waals surface area contributed by atoms with Gasteiger partial charge < -0.3 is 9.64 Å². The molecule has 0 spiro atoms. The van der Waals surface area contributed by atoms with E-state index in [9.17, 15) is 14.4 Å². The van der Waals surface area contributed by atoms with Crippen LogP contribution in [-0.2, 0) is 9.59 Å². The van der Waals surface area contributed by atoms with Crippen LogP contribution in [0.2, 0.25) is 0 Å². The molecule has 0 saturated carbocycles. The zero-order valence-electron chi connectivity index (χ0n) is 16.1. The van der Waals surface area contributed by atoms with Gasteiger partial charge in [0.2, 0.25) is 11.8 Å². The molecule has 4 rings (SSSR count). The van der Waals surface area contributed by atoms with Gasteiger partial charge in [0.15, 0.2) is 0 Å². The van der Waals surface area contributed by atoms with Gasteiger partial charge in [-0.05, 0) is 36.8 Å². The van der Waals surface area contributed by atoms with Gasteiger partial charge in [-0.3, -0.25) is 19.8 Å². The summed E-state index contributed by atoms with van der Waals surface area (Å²) in [5, 5.41) is 0.406. The van der Waals surface area contributed by atoms with Crippen LogP contribution in [0.1, 0.15) is 12.0 Å². The van der Waals surface area contributed by atoms with E-state index in [4.69, 9.17) is 4.74 Å².